The molecule has 10 heteroatoms. The predicted octanol–water partition coefficient (Wildman–Crippen LogP) is 4.72. The zero-order valence-electron chi connectivity index (χ0n) is 14.3. The Bertz CT molecular complexity index is 1040. The molecule has 0 radical (unpaired) electrons. The Balaban J connectivity index is 1.96. The normalized spacial score (nSPS) is 14.1. The largest absolute Gasteiger partial charge is 0.471 e. The van der Waals surface area contributed by atoms with Crippen molar-refractivity contribution in [1.82, 2.24) is 15.1 Å². The Morgan fingerprint density at radius 2 is 1.81 bits per heavy atom. The molecule has 142 valence electrons. The van der Waals surface area contributed by atoms with Gasteiger partial charge in [-0.15, -0.1) is 0 Å². The number of benzene rings is 1. The number of aromatic nitrogens is 3. The molecule has 0 saturated carbocycles. The van der Waals surface area contributed by atoms with Gasteiger partial charge in [0.05, 0.1) is 15.4 Å². The summed E-state index contributed by atoms with van der Waals surface area (Å²) in [7, 11) is -2.81. The maximum atomic E-state index is 13.3. The Morgan fingerprint density at radius 1 is 1.11 bits per heavy atom. The minimum absolute atomic E-state index is 0.191. The van der Waals surface area contributed by atoms with Gasteiger partial charge in [0, 0.05) is 17.0 Å². The van der Waals surface area contributed by atoms with Crippen LogP contribution in [-0.2, 0) is 15.9 Å². The number of hydrogen-bond acceptors (Lipinski definition) is 6. The molecule has 2 heterocycles. The van der Waals surface area contributed by atoms with Crippen molar-refractivity contribution in [3.8, 4) is 11.4 Å². The van der Waals surface area contributed by atoms with Crippen LogP contribution >= 0.6 is 0 Å². The van der Waals surface area contributed by atoms with Crippen molar-refractivity contribution in [2.75, 3.05) is 0 Å². The molecular formula is C17H15F3N4O2S. The Hall–Kier alpha value is -2.75. The van der Waals surface area contributed by atoms with Crippen molar-refractivity contribution < 1.29 is 21.9 Å². The molecule has 1 unspecified atom stereocenters. The number of pyridine rings is 1. The van der Waals surface area contributed by atoms with E-state index in [2.05, 4.69) is 24.0 Å². The summed E-state index contributed by atoms with van der Waals surface area (Å²) in [6.45, 7) is 3.57. The lowest BCUT2D eigenvalue weighted by atomic mass is 10.2. The quantitative estimate of drug-likeness (QED) is 0.638. The first-order chi connectivity index (χ1) is 12.7. The molecule has 0 amide bonds. The van der Waals surface area contributed by atoms with Gasteiger partial charge in [-0.2, -0.15) is 22.5 Å². The van der Waals surface area contributed by atoms with Gasteiger partial charge in [-0.05, 0) is 50.2 Å². The molecule has 3 rings (SSSR count). The van der Waals surface area contributed by atoms with Gasteiger partial charge in [-0.1, -0.05) is 11.2 Å². The van der Waals surface area contributed by atoms with Crippen LogP contribution in [0.1, 0.15) is 19.7 Å². The lowest BCUT2D eigenvalue weighted by Gasteiger charge is -2.13. The number of alkyl halides is 3. The predicted molar refractivity (Wildman–Crippen MR) is 92.6 cm³/mol. The molecule has 0 saturated heterocycles. The van der Waals surface area contributed by atoms with Crippen molar-refractivity contribution in [3.63, 3.8) is 0 Å². The van der Waals surface area contributed by atoms with Gasteiger partial charge in [0.25, 0.3) is 0 Å². The second-order valence-electron chi connectivity index (χ2n) is 5.84. The van der Waals surface area contributed by atoms with Crippen molar-refractivity contribution in [3.05, 3.63) is 54.6 Å². The van der Waals surface area contributed by atoms with Crippen LogP contribution in [0.3, 0.4) is 0 Å². The van der Waals surface area contributed by atoms with E-state index in [1.807, 2.05) is 0 Å². The summed E-state index contributed by atoms with van der Waals surface area (Å²) in [5.41, 5.74) is 0.727. The van der Waals surface area contributed by atoms with Gasteiger partial charge in [0.15, 0.2) is 0 Å². The van der Waals surface area contributed by atoms with Crippen LogP contribution in [0.25, 0.3) is 11.4 Å². The van der Waals surface area contributed by atoms with E-state index in [4.69, 9.17) is 0 Å². The van der Waals surface area contributed by atoms with Crippen molar-refractivity contribution in [1.29, 1.82) is 0 Å². The minimum atomic E-state index is -4.70. The zero-order chi connectivity index (χ0) is 19.7. The summed E-state index contributed by atoms with van der Waals surface area (Å²) in [6.07, 6.45) is -3.16. The van der Waals surface area contributed by atoms with Crippen LogP contribution in [0.2, 0.25) is 0 Å². The first-order valence-electron chi connectivity index (χ1n) is 7.88. The Labute approximate surface area is 153 Å². The third kappa shape index (κ3) is 4.00. The molecule has 27 heavy (non-hydrogen) atoms. The summed E-state index contributed by atoms with van der Waals surface area (Å²) in [5, 5.41) is 3.41. The number of hydrogen-bond donors (Lipinski definition) is 0. The molecule has 0 aliphatic heterocycles. The van der Waals surface area contributed by atoms with Gasteiger partial charge in [-0.25, -0.2) is 9.19 Å². The highest BCUT2D eigenvalue weighted by Gasteiger charge is 2.38. The van der Waals surface area contributed by atoms with Crippen LogP contribution in [-0.4, -0.2) is 24.6 Å². The van der Waals surface area contributed by atoms with Gasteiger partial charge in [0.2, 0.25) is 5.82 Å². The maximum Gasteiger partial charge on any atom is 0.471 e. The first kappa shape index (κ1) is 19.0. The molecule has 6 nitrogen and oxygen atoms in total. The Morgan fingerprint density at radius 3 is 2.33 bits per heavy atom. The maximum absolute atomic E-state index is 13.3. The topological polar surface area (TPSA) is 81.2 Å². The van der Waals surface area contributed by atoms with E-state index >= 15 is 0 Å². The van der Waals surface area contributed by atoms with Gasteiger partial charge >= 0.3 is 12.1 Å². The fourth-order valence-corrected chi connectivity index (χ4v) is 3.91. The summed E-state index contributed by atoms with van der Waals surface area (Å²) in [6, 6.07) is 11.1. The smallest absolute Gasteiger partial charge is 0.329 e. The average molecular weight is 396 g/mol. The molecule has 0 N–H and O–H groups in total. The van der Waals surface area contributed by atoms with E-state index in [0.29, 0.717) is 16.3 Å². The molecule has 0 bridgehead atoms. The summed E-state index contributed by atoms with van der Waals surface area (Å²) < 4.78 is 59.6. The van der Waals surface area contributed by atoms with E-state index in [9.17, 15) is 17.4 Å². The van der Waals surface area contributed by atoms with Gasteiger partial charge < -0.3 is 4.52 Å². The lowest BCUT2D eigenvalue weighted by molar-refractivity contribution is -0.159. The standard InChI is InChI=1S/C17H15F3N4O2S/c1-11(2)27(25,14-5-3-4-10-21-14)24-13-8-6-12(7-9-13)15-22-16(26-23-15)17(18,19)20/h3-11H,1-2H3. The fourth-order valence-electron chi connectivity index (χ4n) is 2.20. The SMILES string of the molecule is CC(C)S(=O)(=Nc1ccc(-c2noc(C(F)(F)F)n2)cc1)c1ccccn1. The highest BCUT2D eigenvalue weighted by Crippen LogP contribution is 2.30. The second kappa shape index (κ2) is 7.10. The fraction of sp³-hybridized carbons (Fsp3) is 0.235. The molecule has 0 fully saturated rings. The average Bonchev–Trinajstić information content (AvgIpc) is 3.13. The van der Waals surface area contributed by atoms with Crippen LogP contribution in [0.4, 0.5) is 18.9 Å². The van der Waals surface area contributed by atoms with Crippen LogP contribution in [0, 0.1) is 0 Å². The van der Waals surface area contributed by atoms with Crippen molar-refractivity contribution in [2.45, 2.75) is 30.3 Å². The molecule has 1 aromatic carbocycles. The molecule has 2 aromatic heterocycles. The van der Waals surface area contributed by atoms with Crippen LogP contribution in [0.15, 0.2) is 62.6 Å². The molecule has 3 aromatic rings. The highest BCUT2D eigenvalue weighted by molar-refractivity contribution is 7.94. The van der Waals surface area contributed by atoms with E-state index < -0.39 is 21.8 Å². The van der Waals surface area contributed by atoms with Gasteiger partial charge in [-0.3, -0.25) is 0 Å². The first-order valence-corrected chi connectivity index (χ1v) is 9.46. The summed E-state index contributed by atoms with van der Waals surface area (Å²) >= 11 is 0. The monoisotopic (exact) mass is 396 g/mol. The summed E-state index contributed by atoms with van der Waals surface area (Å²) in [5.74, 6) is -1.60. The molecule has 0 spiro atoms. The van der Waals surface area contributed by atoms with Crippen LogP contribution < -0.4 is 0 Å². The molecular weight excluding hydrogens is 381 g/mol. The minimum Gasteiger partial charge on any atom is -0.329 e. The molecule has 0 aliphatic carbocycles. The zero-order valence-corrected chi connectivity index (χ0v) is 15.2. The number of nitrogens with zero attached hydrogens (tertiary/aromatic N) is 4. The van der Waals surface area contributed by atoms with E-state index in [1.165, 1.54) is 24.3 Å². The van der Waals surface area contributed by atoms with Crippen molar-refractivity contribution in [2.24, 2.45) is 4.36 Å². The van der Waals surface area contributed by atoms with Crippen molar-refractivity contribution >= 4 is 15.4 Å². The lowest BCUT2D eigenvalue weighted by Crippen LogP contribution is -2.15. The third-order valence-electron chi connectivity index (χ3n) is 3.61. The molecule has 1 atom stereocenters. The number of rotatable bonds is 4. The number of halogens is 3. The van der Waals surface area contributed by atoms with E-state index in [1.54, 1.807) is 38.2 Å². The summed E-state index contributed by atoms with van der Waals surface area (Å²) in [4.78, 5) is 7.48. The van der Waals surface area contributed by atoms with E-state index in [0.717, 1.165) is 0 Å². The third-order valence-corrected chi connectivity index (χ3v) is 6.21. The van der Waals surface area contributed by atoms with E-state index in [-0.39, 0.29) is 11.1 Å². The highest BCUT2D eigenvalue weighted by atomic mass is 32.2. The molecule has 0 aliphatic rings. The van der Waals surface area contributed by atoms with Crippen LogP contribution in [0.5, 0.6) is 0 Å². The van der Waals surface area contributed by atoms with Gasteiger partial charge in [0.1, 0.15) is 5.03 Å². The second-order valence-corrected chi connectivity index (χ2v) is 8.53. The Kier molecular flexibility index (Phi) is 5.01.